The zero-order valence-corrected chi connectivity index (χ0v) is 10.9. The Labute approximate surface area is 111 Å². The van der Waals surface area contributed by atoms with Crippen LogP contribution in [0.2, 0.25) is 0 Å². The normalized spacial score (nSPS) is 19.4. The molecule has 1 saturated heterocycles. The van der Waals surface area contributed by atoms with Crippen molar-refractivity contribution in [3.8, 4) is 5.88 Å². The fraction of sp³-hybridized carbons (Fsp3) is 0.462. The lowest BCUT2D eigenvalue weighted by atomic mass is 9.95. The third-order valence-corrected chi connectivity index (χ3v) is 3.52. The van der Waals surface area contributed by atoms with Crippen LogP contribution >= 0.6 is 0 Å². The van der Waals surface area contributed by atoms with Gasteiger partial charge < -0.3 is 9.64 Å². The molecule has 1 fully saturated rings. The van der Waals surface area contributed by atoms with E-state index in [1.165, 1.54) is 12.1 Å². The molecule has 1 atom stereocenters. The molecule has 2 aromatic rings. The number of aromatic amines is 1. The van der Waals surface area contributed by atoms with Crippen LogP contribution in [0, 0.1) is 0 Å². The number of nitrogens with zero attached hydrogens (tertiary/aromatic N) is 4. The van der Waals surface area contributed by atoms with E-state index in [1.807, 2.05) is 6.07 Å². The minimum absolute atomic E-state index is 0.461. The third-order valence-electron chi connectivity index (χ3n) is 3.52. The van der Waals surface area contributed by atoms with Gasteiger partial charge >= 0.3 is 0 Å². The molecule has 1 aliphatic rings. The number of aromatic nitrogens is 4. The van der Waals surface area contributed by atoms with Crippen LogP contribution in [0.5, 0.6) is 5.88 Å². The zero-order valence-electron chi connectivity index (χ0n) is 10.9. The molecule has 0 aromatic carbocycles. The Balaban J connectivity index is 1.81. The minimum atomic E-state index is 0.461. The number of piperidine rings is 1. The number of methoxy groups -OCH3 is 1. The zero-order chi connectivity index (χ0) is 13.1. The molecular formula is C13H17N5O. The lowest BCUT2D eigenvalue weighted by Gasteiger charge is -2.33. The fourth-order valence-electron chi connectivity index (χ4n) is 2.60. The predicted octanol–water partition coefficient (Wildman–Crippen LogP) is 1.59. The summed E-state index contributed by atoms with van der Waals surface area (Å²) >= 11 is 0. The lowest BCUT2D eigenvalue weighted by molar-refractivity contribution is 0.391. The summed E-state index contributed by atoms with van der Waals surface area (Å²) in [5.74, 6) is 1.88. The van der Waals surface area contributed by atoms with Gasteiger partial charge in [0.1, 0.15) is 0 Å². The Bertz CT molecular complexity index is 528. The van der Waals surface area contributed by atoms with E-state index in [1.54, 1.807) is 25.7 Å². The SMILES string of the molecule is COc1nccnc1N1CCCC(c2ccn[nH]2)C1. The van der Waals surface area contributed by atoms with Crippen LogP contribution in [0.4, 0.5) is 5.82 Å². The van der Waals surface area contributed by atoms with Crippen LogP contribution in [-0.2, 0) is 0 Å². The standard InChI is InChI=1S/C13H17N5O/c1-19-13-12(14-6-7-15-13)18-8-2-3-10(9-18)11-4-5-16-17-11/h4-7,10H,2-3,8-9H2,1H3,(H,16,17). The first-order chi connectivity index (χ1) is 9.38. The van der Waals surface area contributed by atoms with Crippen molar-refractivity contribution in [1.29, 1.82) is 0 Å². The quantitative estimate of drug-likeness (QED) is 0.906. The molecule has 0 bridgehead atoms. The Kier molecular flexibility index (Phi) is 3.31. The highest BCUT2D eigenvalue weighted by atomic mass is 16.5. The maximum absolute atomic E-state index is 5.29. The number of ether oxygens (including phenoxy) is 1. The smallest absolute Gasteiger partial charge is 0.257 e. The summed E-state index contributed by atoms with van der Waals surface area (Å²) in [5, 5.41) is 7.10. The van der Waals surface area contributed by atoms with E-state index in [2.05, 4.69) is 25.1 Å². The number of H-pyrrole nitrogens is 1. The van der Waals surface area contributed by atoms with E-state index < -0.39 is 0 Å². The first-order valence-electron chi connectivity index (χ1n) is 6.47. The van der Waals surface area contributed by atoms with Crippen molar-refractivity contribution in [2.75, 3.05) is 25.1 Å². The van der Waals surface area contributed by atoms with Crippen LogP contribution in [0.1, 0.15) is 24.5 Å². The van der Waals surface area contributed by atoms with Crippen LogP contribution in [0.3, 0.4) is 0 Å². The molecule has 6 heteroatoms. The van der Waals surface area contributed by atoms with Crippen molar-refractivity contribution in [1.82, 2.24) is 20.2 Å². The van der Waals surface area contributed by atoms with E-state index in [0.29, 0.717) is 11.8 Å². The summed E-state index contributed by atoms with van der Waals surface area (Å²) in [4.78, 5) is 10.9. The molecule has 6 nitrogen and oxygen atoms in total. The van der Waals surface area contributed by atoms with Gasteiger partial charge in [-0.2, -0.15) is 5.10 Å². The Hall–Kier alpha value is -2.11. The van der Waals surface area contributed by atoms with Gasteiger partial charge in [-0.1, -0.05) is 0 Å². The highest BCUT2D eigenvalue weighted by Crippen LogP contribution is 2.31. The number of rotatable bonds is 3. The Morgan fingerprint density at radius 2 is 2.21 bits per heavy atom. The van der Waals surface area contributed by atoms with Gasteiger partial charge in [0, 0.05) is 43.3 Å². The number of hydrogen-bond donors (Lipinski definition) is 1. The molecule has 0 amide bonds. The van der Waals surface area contributed by atoms with E-state index in [0.717, 1.165) is 25.3 Å². The summed E-state index contributed by atoms with van der Waals surface area (Å²) in [6, 6.07) is 2.04. The van der Waals surface area contributed by atoms with Crippen molar-refractivity contribution in [3.63, 3.8) is 0 Å². The van der Waals surface area contributed by atoms with Gasteiger partial charge in [0.2, 0.25) is 0 Å². The molecule has 19 heavy (non-hydrogen) atoms. The van der Waals surface area contributed by atoms with Crippen molar-refractivity contribution in [2.45, 2.75) is 18.8 Å². The average molecular weight is 259 g/mol. The van der Waals surface area contributed by atoms with E-state index in [-0.39, 0.29) is 0 Å². The van der Waals surface area contributed by atoms with Crippen LogP contribution < -0.4 is 9.64 Å². The third kappa shape index (κ3) is 2.38. The van der Waals surface area contributed by atoms with Crippen molar-refractivity contribution >= 4 is 5.82 Å². The largest absolute Gasteiger partial charge is 0.478 e. The van der Waals surface area contributed by atoms with Crippen LogP contribution in [-0.4, -0.2) is 40.4 Å². The van der Waals surface area contributed by atoms with Gasteiger partial charge in [0.15, 0.2) is 5.82 Å². The second kappa shape index (κ2) is 5.26. The van der Waals surface area contributed by atoms with Gasteiger partial charge in [-0.05, 0) is 18.9 Å². The highest BCUT2D eigenvalue weighted by Gasteiger charge is 2.25. The second-order valence-electron chi connectivity index (χ2n) is 4.69. The van der Waals surface area contributed by atoms with Gasteiger partial charge in [0.25, 0.3) is 5.88 Å². The van der Waals surface area contributed by atoms with Gasteiger partial charge in [-0.15, -0.1) is 0 Å². The van der Waals surface area contributed by atoms with Crippen molar-refractivity contribution < 1.29 is 4.74 Å². The monoisotopic (exact) mass is 259 g/mol. The Morgan fingerprint density at radius 1 is 1.32 bits per heavy atom. The molecule has 0 aliphatic carbocycles. The number of hydrogen-bond acceptors (Lipinski definition) is 5. The van der Waals surface area contributed by atoms with Crippen molar-refractivity contribution in [2.24, 2.45) is 0 Å². The van der Waals surface area contributed by atoms with Crippen LogP contribution in [0.25, 0.3) is 0 Å². The molecule has 2 aromatic heterocycles. The molecule has 1 N–H and O–H groups in total. The molecule has 0 radical (unpaired) electrons. The second-order valence-corrected chi connectivity index (χ2v) is 4.69. The fourth-order valence-corrected chi connectivity index (χ4v) is 2.60. The maximum Gasteiger partial charge on any atom is 0.257 e. The molecule has 100 valence electrons. The molecule has 0 spiro atoms. The summed E-state index contributed by atoms with van der Waals surface area (Å²) in [5.41, 5.74) is 1.19. The van der Waals surface area contributed by atoms with E-state index in [4.69, 9.17) is 4.74 Å². The first-order valence-corrected chi connectivity index (χ1v) is 6.47. The maximum atomic E-state index is 5.29. The molecule has 3 heterocycles. The molecule has 0 saturated carbocycles. The molecule has 1 unspecified atom stereocenters. The first kappa shape index (κ1) is 12.0. The predicted molar refractivity (Wildman–Crippen MR) is 71.4 cm³/mol. The summed E-state index contributed by atoms with van der Waals surface area (Å²) < 4.78 is 5.29. The van der Waals surface area contributed by atoms with Gasteiger partial charge in [-0.3, -0.25) is 5.10 Å². The molecule has 3 rings (SSSR count). The lowest BCUT2D eigenvalue weighted by Crippen LogP contribution is -2.35. The summed E-state index contributed by atoms with van der Waals surface area (Å²) in [6.07, 6.45) is 7.46. The molecular weight excluding hydrogens is 242 g/mol. The van der Waals surface area contributed by atoms with Gasteiger partial charge in [0.05, 0.1) is 7.11 Å². The number of nitrogens with one attached hydrogen (secondary N) is 1. The topological polar surface area (TPSA) is 66.9 Å². The van der Waals surface area contributed by atoms with E-state index in [9.17, 15) is 0 Å². The minimum Gasteiger partial charge on any atom is -0.478 e. The summed E-state index contributed by atoms with van der Waals surface area (Å²) in [7, 11) is 1.63. The number of anilines is 1. The van der Waals surface area contributed by atoms with E-state index >= 15 is 0 Å². The van der Waals surface area contributed by atoms with Crippen LogP contribution in [0.15, 0.2) is 24.7 Å². The Morgan fingerprint density at radius 3 is 3.00 bits per heavy atom. The summed E-state index contributed by atoms with van der Waals surface area (Å²) in [6.45, 7) is 1.90. The molecule has 1 aliphatic heterocycles. The highest BCUT2D eigenvalue weighted by molar-refractivity contribution is 5.48. The average Bonchev–Trinajstić information content (AvgIpc) is 3.01. The van der Waals surface area contributed by atoms with Crippen molar-refractivity contribution in [3.05, 3.63) is 30.4 Å². The van der Waals surface area contributed by atoms with Gasteiger partial charge in [-0.25, -0.2) is 9.97 Å².